The lowest BCUT2D eigenvalue weighted by Crippen LogP contribution is -1.83. The van der Waals surface area contributed by atoms with Crippen molar-refractivity contribution in [1.82, 2.24) is 9.97 Å². The van der Waals surface area contributed by atoms with Gasteiger partial charge in [-0.15, -0.1) is 0 Å². The molecule has 4 aromatic carbocycles. The summed E-state index contributed by atoms with van der Waals surface area (Å²) in [7, 11) is 0. The highest BCUT2D eigenvalue weighted by Gasteiger charge is 2.06. The first-order valence-electron chi connectivity index (χ1n) is 9.18. The van der Waals surface area contributed by atoms with Crippen LogP contribution in [-0.2, 0) is 0 Å². The van der Waals surface area contributed by atoms with Gasteiger partial charge < -0.3 is 4.98 Å². The van der Waals surface area contributed by atoms with Gasteiger partial charge in [0, 0.05) is 10.0 Å². The first-order chi connectivity index (χ1) is 13.8. The van der Waals surface area contributed by atoms with Crippen LogP contribution in [-0.4, -0.2) is 9.97 Å². The van der Waals surface area contributed by atoms with Crippen molar-refractivity contribution in [2.75, 3.05) is 0 Å². The van der Waals surface area contributed by atoms with Gasteiger partial charge in [-0.1, -0.05) is 88.7 Å². The molecule has 5 rings (SSSR count). The summed E-state index contributed by atoms with van der Waals surface area (Å²) in [5.41, 5.74) is 7.98. The fourth-order valence-corrected chi connectivity index (χ4v) is 3.67. The van der Waals surface area contributed by atoms with Crippen molar-refractivity contribution < 1.29 is 0 Å². The van der Waals surface area contributed by atoms with Gasteiger partial charge in [0.05, 0.1) is 11.0 Å². The third-order valence-corrected chi connectivity index (χ3v) is 5.47. The van der Waals surface area contributed by atoms with Gasteiger partial charge in [-0.2, -0.15) is 0 Å². The Kier molecular flexibility index (Phi) is 4.30. The summed E-state index contributed by atoms with van der Waals surface area (Å²) in [4.78, 5) is 8.06. The summed E-state index contributed by atoms with van der Waals surface area (Å²) in [6, 6.07) is 33.7. The first-order valence-corrected chi connectivity index (χ1v) is 9.97. The highest BCUT2D eigenvalue weighted by Crippen LogP contribution is 2.28. The zero-order valence-electron chi connectivity index (χ0n) is 15.1. The minimum atomic E-state index is 0.901. The Morgan fingerprint density at radius 2 is 1.00 bits per heavy atom. The van der Waals surface area contributed by atoms with E-state index in [1.54, 1.807) is 0 Å². The molecule has 1 heterocycles. The van der Waals surface area contributed by atoms with Crippen molar-refractivity contribution in [3.05, 3.63) is 102 Å². The zero-order valence-corrected chi connectivity index (χ0v) is 16.6. The Hall–Kier alpha value is -3.17. The quantitative estimate of drug-likeness (QED) is 0.322. The molecule has 0 aliphatic carbocycles. The lowest BCUT2D eigenvalue weighted by atomic mass is 9.99. The maximum atomic E-state index is 4.68. The molecular weight excluding hydrogens is 408 g/mol. The lowest BCUT2D eigenvalue weighted by Gasteiger charge is -2.06. The molecule has 0 saturated heterocycles. The largest absolute Gasteiger partial charge is 0.338 e. The number of aromatic nitrogens is 2. The molecule has 0 aliphatic heterocycles. The van der Waals surface area contributed by atoms with Gasteiger partial charge in [0.15, 0.2) is 0 Å². The number of fused-ring (bicyclic) bond motifs is 1. The number of H-pyrrole nitrogens is 1. The van der Waals surface area contributed by atoms with Crippen LogP contribution in [0.4, 0.5) is 0 Å². The molecular formula is C25H17BrN2. The van der Waals surface area contributed by atoms with Crippen molar-refractivity contribution in [3.8, 4) is 33.6 Å². The van der Waals surface area contributed by atoms with Gasteiger partial charge in [-0.05, 0) is 46.5 Å². The molecule has 0 amide bonds. The highest BCUT2D eigenvalue weighted by atomic mass is 79.9. The van der Waals surface area contributed by atoms with Gasteiger partial charge in [0.2, 0.25) is 0 Å². The molecule has 134 valence electrons. The molecule has 0 atom stereocenters. The van der Waals surface area contributed by atoms with Gasteiger partial charge >= 0.3 is 0 Å². The van der Waals surface area contributed by atoms with Gasteiger partial charge in [-0.3, -0.25) is 0 Å². The number of hydrogen-bond acceptors (Lipinski definition) is 1. The van der Waals surface area contributed by atoms with Crippen LogP contribution >= 0.6 is 15.9 Å². The van der Waals surface area contributed by atoms with Crippen molar-refractivity contribution in [3.63, 3.8) is 0 Å². The second-order valence-corrected chi connectivity index (χ2v) is 7.68. The van der Waals surface area contributed by atoms with Crippen LogP contribution in [0.3, 0.4) is 0 Å². The lowest BCUT2D eigenvalue weighted by molar-refractivity contribution is 1.34. The molecule has 0 spiro atoms. The molecule has 0 aliphatic rings. The fourth-order valence-electron chi connectivity index (χ4n) is 3.41. The first kappa shape index (κ1) is 17.0. The van der Waals surface area contributed by atoms with Crippen LogP contribution in [0.5, 0.6) is 0 Å². The normalized spacial score (nSPS) is 11.0. The molecule has 1 aromatic heterocycles. The summed E-state index contributed by atoms with van der Waals surface area (Å²) in [5, 5.41) is 0. The minimum absolute atomic E-state index is 0.901. The Morgan fingerprint density at radius 1 is 0.536 bits per heavy atom. The number of rotatable bonds is 3. The Bertz CT molecular complexity index is 1200. The molecule has 0 radical (unpaired) electrons. The topological polar surface area (TPSA) is 28.7 Å². The number of halogens is 1. The van der Waals surface area contributed by atoms with Crippen molar-refractivity contribution >= 4 is 27.0 Å². The molecule has 5 aromatic rings. The number of para-hydroxylation sites is 2. The van der Waals surface area contributed by atoms with E-state index in [0.29, 0.717) is 0 Å². The number of benzene rings is 4. The molecule has 0 bridgehead atoms. The van der Waals surface area contributed by atoms with Crippen LogP contribution in [0.2, 0.25) is 0 Å². The summed E-state index contributed by atoms with van der Waals surface area (Å²) >= 11 is 3.49. The Balaban J connectivity index is 1.41. The minimum Gasteiger partial charge on any atom is -0.338 e. The molecule has 0 fully saturated rings. The van der Waals surface area contributed by atoms with Crippen LogP contribution in [0.15, 0.2) is 102 Å². The van der Waals surface area contributed by atoms with E-state index in [-0.39, 0.29) is 0 Å². The molecule has 2 nitrogen and oxygen atoms in total. The van der Waals surface area contributed by atoms with E-state index >= 15 is 0 Å². The van der Waals surface area contributed by atoms with E-state index < -0.39 is 0 Å². The van der Waals surface area contributed by atoms with E-state index in [9.17, 15) is 0 Å². The summed E-state index contributed by atoms with van der Waals surface area (Å²) < 4.78 is 1.09. The predicted octanol–water partition coefficient (Wildman–Crippen LogP) is 7.33. The number of imidazole rings is 1. The van der Waals surface area contributed by atoms with Gasteiger partial charge in [0.1, 0.15) is 5.82 Å². The summed E-state index contributed by atoms with van der Waals surface area (Å²) in [5.74, 6) is 0.901. The van der Waals surface area contributed by atoms with Gasteiger partial charge in [-0.25, -0.2) is 4.98 Å². The summed E-state index contributed by atoms with van der Waals surface area (Å²) in [6.45, 7) is 0. The van der Waals surface area contributed by atoms with Crippen LogP contribution in [0, 0.1) is 0 Å². The third kappa shape index (κ3) is 3.25. The molecule has 0 unspecified atom stereocenters. The second-order valence-electron chi connectivity index (χ2n) is 6.76. The van der Waals surface area contributed by atoms with Gasteiger partial charge in [0.25, 0.3) is 0 Å². The average molecular weight is 425 g/mol. The maximum absolute atomic E-state index is 4.68. The summed E-state index contributed by atoms with van der Waals surface area (Å²) in [6.07, 6.45) is 0. The van der Waals surface area contributed by atoms with Crippen molar-refractivity contribution in [2.45, 2.75) is 0 Å². The average Bonchev–Trinajstić information content (AvgIpc) is 3.19. The SMILES string of the molecule is Brc1ccc(-c2ccc(-c3ccc(-c4nc5ccccc5[nH]4)cc3)cc2)cc1. The Labute approximate surface area is 172 Å². The third-order valence-electron chi connectivity index (χ3n) is 4.94. The van der Waals surface area contributed by atoms with Crippen LogP contribution in [0.25, 0.3) is 44.7 Å². The smallest absolute Gasteiger partial charge is 0.138 e. The number of aromatic amines is 1. The zero-order chi connectivity index (χ0) is 18.9. The van der Waals surface area contributed by atoms with Crippen LogP contribution in [0.1, 0.15) is 0 Å². The van der Waals surface area contributed by atoms with E-state index in [1.165, 1.54) is 22.3 Å². The highest BCUT2D eigenvalue weighted by molar-refractivity contribution is 9.10. The number of hydrogen-bond donors (Lipinski definition) is 1. The second kappa shape index (κ2) is 7.10. The van der Waals surface area contributed by atoms with Crippen LogP contribution < -0.4 is 0 Å². The Morgan fingerprint density at radius 3 is 1.54 bits per heavy atom. The molecule has 28 heavy (non-hydrogen) atoms. The molecule has 3 heteroatoms. The monoisotopic (exact) mass is 424 g/mol. The van der Waals surface area contributed by atoms with Crippen molar-refractivity contribution in [1.29, 1.82) is 0 Å². The predicted molar refractivity (Wildman–Crippen MR) is 120 cm³/mol. The van der Waals surface area contributed by atoms with E-state index in [2.05, 4.69) is 98.7 Å². The molecule has 0 saturated carbocycles. The van der Waals surface area contributed by atoms with E-state index in [1.807, 2.05) is 24.3 Å². The van der Waals surface area contributed by atoms with E-state index in [0.717, 1.165) is 26.9 Å². The maximum Gasteiger partial charge on any atom is 0.138 e. The standard InChI is InChI=1S/C25H17BrN2/c26-22-15-13-20(14-16-22)18-7-5-17(6-8-18)19-9-11-21(12-10-19)25-27-23-3-1-2-4-24(23)28-25/h1-16H,(H,27,28). The fraction of sp³-hybridized carbons (Fsp3) is 0. The number of nitrogens with zero attached hydrogens (tertiary/aromatic N) is 1. The van der Waals surface area contributed by atoms with Crippen molar-refractivity contribution in [2.24, 2.45) is 0 Å². The van der Waals surface area contributed by atoms with E-state index in [4.69, 9.17) is 0 Å². The molecule has 1 N–H and O–H groups in total. The number of nitrogens with one attached hydrogen (secondary N) is 1.